The van der Waals surface area contributed by atoms with E-state index >= 15 is 0 Å². The molecule has 0 spiro atoms. The maximum atomic E-state index is 6.01. The van der Waals surface area contributed by atoms with Crippen molar-refractivity contribution in [3.8, 4) is 0 Å². The standard InChI is InChI=1S/C13H19N3/c14-12-5-2-6-16(9-12)13-7-10-3-1-4-11(10)8-15-13/h7-8,12H,1-6,9,14H2. The Kier molecular flexibility index (Phi) is 2.56. The van der Waals surface area contributed by atoms with E-state index in [-0.39, 0.29) is 0 Å². The van der Waals surface area contributed by atoms with Crippen molar-refractivity contribution in [1.29, 1.82) is 0 Å². The first-order chi connectivity index (χ1) is 7.83. The molecule has 0 aromatic carbocycles. The normalized spacial score (nSPS) is 24.6. The minimum atomic E-state index is 0.323. The molecule has 1 atom stereocenters. The molecule has 1 aromatic rings. The van der Waals surface area contributed by atoms with Crippen molar-refractivity contribution in [2.75, 3.05) is 18.0 Å². The van der Waals surface area contributed by atoms with Gasteiger partial charge in [-0.2, -0.15) is 0 Å². The van der Waals surface area contributed by atoms with Gasteiger partial charge in [0, 0.05) is 25.3 Å². The van der Waals surface area contributed by atoms with Gasteiger partial charge in [0.2, 0.25) is 0 Å². The molecule has 1 fully saturated rings. The molecule has 16 heavy (non-hydrogen) atoms. The average Bonchev–Trinajstić information content (AvgIpc) is 2.75. The van der Waals surface area contributed by atoms with Crippen LogP contribution in [0.25, 0.3) is 0 Å². The Balaban J connectivity index is 1.83. The topological polar surface area (TPSA) is 42.1 Å². The molecule has 86 valence electrons. The zero-order chi connectivity index (χ0) is 11.0. The minimum absolute atomic E-state index is 0.323. The fraction of sp³-hybridized carbons (Fsp3) is 0.615. The summed E-state index contributed by atoms with van der Waals surface area (Å²) in [5.41, 5.74) is 8.96. The summed E-state index contributed by atoms with van der Waals surface area (Å²) in [6, 6.07) is 2.60. The zero-order valence-electron chi connectivity index (χ0n) is 9.65. The van der Waals surface area contributed by atoms with Gasteiger partial charge >= 0.3 is 0 Å². The average molecular weight is 217 g/mol. The van der Waals surface area contributed by atoms with Crippen LogP contribution < -0.4 is 10.6 Å². The van der Waals surface area contributed by atoms with Crippen molar-refractivity contribution in [3.63, 3.8) is 0 Å². The van der Waals surface area contributed by atoms with Gasteiger partial charge < -0.3 is 10.6 Å². The molecule has 0 radical (unpaired) electrons. The van der Waals surface area contributed by atoms with Crippen molar-refractivity contribution in [2.45, 2.75) is 38.1 Å². The molecule has 2 heterocycles. The lowest BCUT2D eigenvalue weighted by Gasteiger charge is -2.31. The Bertz CT molecular complexity index is 389. The summed E-state index contributed by atoms with van der Waals surface area (Å²) in [5, 5.41) is 0. The number of nitrogens with two attached hydrogens (primary N) is 1. The largest absolute Gasteiger partial charge is 0.355 e. The van der Waals surface area contributed by atoms with Crippen molar-refractivity contribution >= 4 is 5.82 Å². The van der Waals surface area contributed by atoms with Crippen molar-refractivity contribution in [3.05, 3.63) is 23.4 Å². The molecule has 0 bridgehead atoms. The van der Waals surface area contributed by atoms with Gasteiger partial charge in [-0.05, 0) is 49.3 Å². The van der Waals surface area contributed by atoms with Crippen LogP contribution in [0.3, 0.4) is 0 Å². The first-order valence-electron chi connectivity index (χ1n) is 6.31. The minimum Gasteiger partial charge on any atom is -0.355 e. The van der Waals surface area contributed by atoms with Crippen LogP contribution in [0.2, 0.25) is 0 Å². The van der Waals surface area contributed by atoms with Crippen LogP contribution in [0.4, 0.5) is 5.82 Å². The molecule has 1 aromatic heterocycles. The van der Waals surface area contributed by atoms with E-state index in [1.807, 2.05) is 0 Å². The first-order valence-corrected chi connectivity index (χ1v) is 6.31. The van der Waals surface area contributed by atoms with E-state index in [9.17, 15) is 0 Å². The summed E-state index contributed by atoms with van der Waals surface area (Å²) in [7, 11) is 0. The molecule has 2 N–H and O–H groups in total. The van der Waals surface area contributed by atoms with Crippen LogP contribution in [-0.2, 0) is 12.8 Å². The molecule has 0 amide bonds. The lowest BCUT2D eigenvalue weighted by Crippen LogP contribution is -2.43. The van der Waals surface area contributed by atoms with Gasteiger partial charge in [-0.15, -0.1) is 0 Å². The highest BCUT2D eigenvalue weighted by atomic mass is 15.2. The second-order valence-electron chi connectivity index (χ2n) is 5.01. The smallest absolute Gasteiger partial charge is 0.128 e. The monoisotopic (exact) mass is 217 g/mol. The number of rotatable bonds is 1. The lowest BCUT2D eigenvalue weighted by atomic mass is 10.1. The molecular weight excluding hydrogens is 198 g/mol. The third kappa shape index (κ3) is 1.80. The molecular formula is C13H19N3. The van der Waals surface area contributed by atoms with Crippen LogP contribution >= 0.6 is 0 Å². The Morgan fingerprint density at radius 3 is 3.00 bits per heavy atom. The highest BCUT2D eigenvalue weighted by Crippen LogP contribution is 2.25. The van der Waals surface area contributed by atoms with Gasteiger partial charge in [0.15, 0.2) is 0 Å². The highest BCUT2D eigenvalue weighted by Gasteiger charge is 2.19. The van der Waals surface area contributed by atoms with Crippen molar-refractivity contribution in [2.24, 2.45) is 5.73 Å². The molecule has 3 rings (SSSR count). The number of fused-ring (bicyclic) bond motifs is 1. The number of aromatic nitrogens is 1. The number of nitrogens with zero attached hydrogens (tertiary/aromatic N) is 2. The van der Waals surface area contributed by atoms with E-state index in [1.54, 1.807) is 0 Å². The van der Waals surface area contributed by atoms with Gasteiger partial charge in [0.1, 0.15) is 5.82 Å². The number of hydrogen-bond acceptors (Lipinski definition) is 3. The van der Waals surface area contributed by atoms with Gasteiger partial charge in [0.05, 0.1) is 0 Å². The number of hydrogen-bond donors (Lipinski definition) is 1. The summed E-state index contributed by atoms with van der Waals surface area (Å²) in [6.45, 7) is 2.07. The van der Waals surface area contributed by atoms with E-state index < -0.39 is 0 Å². The quantitative estimate of drug-likeness (QED) is 0.775. The van der Waals surface area contributed by atoms with Crippen LogP contribution in [-0.4, -0.2) is 24.1 Å². The van der Waals surface area contributed by atoms with Crippen molar-refractivity contribution < 1.29 is 0 Å². The summed E-state index contributed by atoms with van der Waals surface area (Å²) in [5.74, 6) is 1.14. The third-order valence-electron chi connectivity index (χ3n) is 3.74. The molecule has 1 aliphatic carbocycles. The third-order valence-corrected chi connectivity index (χ3v) is 3.74. The molecule has 2 aliphatic rings. The summed E-state index contributed by atoms with van der Waals surface area (Å²) in [4.78, 5) is 6.92. The summed E-state index contributed by atoms with van der Waals surface area (Å²) < 4.78 is 0. The van der Waals surface area contributed by atoms with Gasteiger partial charge in [-0.1, -0.05) is 0 Å². The van der Waals surface area contributed by atoms with Gasteiger partial charge in [-0.3, -0.25) is 0 Å². The Hall–Kier alpha value is -1.09. The zero-order valence-corrected chi connectivity index (χ0v) is 9.65. The predicted octanol–water partition coefficient (Wildman–Crippen LogP) is 1.50. The van der Waals surface area contributed by atoms with Crippen molar-refractivity contribution in [1.82, 2.24) is 4.98 Å². The fourth-order valence-electron chi connectivity index (χ4n) is 2.83. The van der Waals surface area contributed by atoms with Crippen LogP contribution in [0.15, 0.2) is 12.3 Å². The number of anilines is 1. The second-order valence-corrected chi connectivity index (χ2v) is 5.01. The highest BCUT2D eigenvalue weighted by molar-refractivity contribution is 5.45. The number of piperidine rings is 1. The molecule has 3 nitrogen and oxygen atoms in total. The lowest BCUT2D eigenvalue weighted by molar-refractivity contribution is 0.503. The molecule has 3 heteroatoms. The fourth-order valence-corrected chi connectivity index (χ4v) is 2.83. The van der Waals surface area contributed by atoms with Gasteiger partial charge in [0.25, 0.3) is 0 Å². The maximum Gasteiger partial charge on any atom is 0.128 e. The van der Waals surface area contributed by atoms with E-state index in [0.717, 1.165) is 25.3 Å². The van der Waals surface area contributed by atoms with E-state index in [0.29, 0.717) is 6.04 Å². The number of pyridine rings is 1. The molecule has 1 aliphatic heterocycles. The van der Waals surface area contributed by atoms with Crippen LogP contribution in [0, 0.1) is 0 Å². The molecule has 1 saturated heterocycles. The second kappa shape index (κ2) is 4.06. The van der Waals surface area contributed by atoms with E-state index in [4.69, 9.17) is 5.73 Å². The molecule has 1 unspecified atom stereocenters. The number of aryl methyl sites for hydroxylation is 2. The Labute approximate surface area is 96.7 Å². The SMILES string of the molecule is NC1CCCN(c2cc3c(cn2)CCC3)C1. The maximum absolute atomic E-state index is 6.01. The summed E-state index contributed by atoms with van der Waals surface area (Å²) >= 11 is 0. The first kappa shape index (κ1) is 10.1. The predicted molar refractivity (Wildman–Crippen MR) is 65.7 cm³/mol. The van der Waals surface area contributed by atoms with E-state index in [2.05, 4.69) is 22.1 Å². The summed E-state index contributed by atoms with van der Waals surface area (Å²) in [6.07, 6.45) is 8.14. The van der Waals surface area contributed by atoms with Crippen LogP contribution in [0.1, 0.15) is 30.4 Å². The van der Waals surface area contributed by atoms with E-state index in [1.165, 1.54) is 36.8 Å². The Morgan fingerprint density at radius 2 is 2.12 bits per heavy atom. The Morgan fingerprint density at radius 1 is 1.25 bits per heavy atom. The molecule has 0 saturated carbocycles. The van der Waals surface area contributed by atoms with Gasteiger partial charge in [-0.25, -0.2) is 4.98 Å². The van der Waals surface area contributed by atoms with Crippen LogP contribution in [0.5, 0.6) is 0 Å².